The van der Waals surface area contributed by atoms with Crippen LogP contribution in [-0.2, 0) is 6.42 Å². The Kier molecular flexibility index (Phi) is 2.94. The van der Waals surface area contributed by atoms with Crippen LogP contribution in [0.3, 0.4) is 0 Å². The van der Waals surface area contributed by atoms with E-state index in [1.54, 1.807) is 0 Å². The van der Waals surface area contributed by atoms with Gasteiger partial charge < -0.3 is 0 Å². The summed E-state index contributed by atoms with van der Waals surface area (Å²) in [5.41, 5.74) is 0.911. The molecule has 0 N–H and O–H groups in total. The molecule has 3 aromatic rings. The second kappa shape index (κ2) is 4.69. The maximum atomic E-state index is 6.20. The van der Waals surface area contributed by atoms with Crippen LogP contribution in [0.4, 0.5) is 0 Å². The molecule has 2 heterocycles. The van der Waals surface area contributed by atoms with Crippen molar-refractivity contribution >= 4 is 39.5 Å². The fourth-order valence-corrected chi connectivity index (χ4v) is 3.57. The first-order valence-electron chi connectivity index (χ1n) is 6.36. The monoisotopic (exact) mass is 324 g/mol. The fraction of sp³-hybridized carbons (Fsp3) is 0.308. The van der Waals surface area contributed by atoms with E-state index in [1.165, 1.54) is 24.2 Å². The van der Waals surface area contributed by atoms with Crippen LogP contribution in [-0.4, -0.2) is 19.8 Å². The van der Waals surface area contributed by atoms with Crippen LogP contribution in [0.15, 0.2) is 18.2 Å². The first kappa shape index (κ1) is 12.6. The third-order valence-electron chi connectivity index (χ3n) is 3.39. The number of fused-ring (bicyclic) bond motifs is 1. The van der Waals surface area contributed by atoms with Gasteiger partial charge in [0, 0.05) is 22.4 Å². The second-order valence-corrected chi connectivity index (χ2v) is 6.75. The van der Waals surface area contributed by atoms with Gasteiger partial charge in [0.25, 0.3) is 0 Å². The molecule has 20 heavy (non-hydrogen) atoms. The van der Waals surface area contributed by atoms with E-state index in [9.17, 15) is 0 Å². The zero-order chi connectivity index (χ0) is 13.7. The molecular formula is C13H10Cl2N4S. The van der Waals surface area contributed by atoms with Crippen LogP contribution < -0.4 is 0 Å². The van der Waals surface area contributed by atoms with Gasteiger partial charge in [-0.1, -0.05) is 40.6 Å². The van der Waals surface area contributed by atoms with Gasteiger partial charge in [0.1, 0.15) is 5.01 Å². The van der Waals surface area contributed by atoms with Crippen molar-refractivity contribution in [2.45, 2.75) is 25.2 Å². The number of halogens is 2. The first-order chi connectivity index (χ1) is 9.72. The van der Waals surface area contributed by atoms with Gasteiger partial charge in [0.15, 0.2) is 5.82 Å². The molecule has 1 aromatic carbocycles. The Morgan fingerprint density at radius 2 is 1.95 bits per heavy atom. The molecule has 0 radical (unpaired) electrons. The summed E-state index contributed by atoms with van der Waals surface area (Å²) in [7, 11) is 0. The van der Waals surface area contributed by atoms with Gasteiger partial charge in [0.2, 0.25) is 4.96 Å². The quantitative estimate of drug-likeness (QED) is 0.732. The van der Waals surface area contributed by atoms with Gasteiger partial charge >= 0.3 is 0 Å². The molecule has 0 saturated heterocycles. The summed E-state index contributed by atoms with van der Waals surface area (Å²) in [6.45, 7) is 0. The SMILES string of the molecule is Clc1cccc(Cl)c1Cc1nn2c(C3CC3)nnc2s1. The normalized spacial score (nSPS) is 15.1. The smallest absolute Gasteiger partial charge is 0.187 e. The van der Waals surface area contributed by atoms with Gasteiger partial charge in [-0.2, -0.15) is 9.61 Å². The molecule has 1 fully saturated rings. The Morgan fingerprint density at radius 3 is 2.65 bits per heavy atom. The predicted octanol–water partition coefficient (Wildman–Crippen LogP) is 3.96. The summed E-state index contributed by atoms with van der Waals surface area (Å²) in [4.78, 5) is 0.838. The lowest BCUT2D eigenvalue weighted by molar-refractivity contribution is 0.809. The largest absolute Gasteiger partial charge is 0.234 e. The Morgan fingerprint density at radius 1 is 1.20 bits per heavy atom. The van der Waals surface area contributed by atoms with Crippen LogP contribution in [0.1, 0.15) is 35.2 Å². The molecule has 0 atom stereocenters. The van der Waals surface area contributed by atoms with E-state index >= 15 is 0 Å². The summed E-state index contributed by atoms with van der Waals surface area (Å²) >= 11 is 13.9. The molecule has 4 nitrogen and oxygen atoms in total. The van der Waals surface area contributed by atoms with E-state index < -0.39 is 0 Å². The van der Waals surface area contributed by atoms with Crippen molar-refractivity contribution < 1.29 is 0 Å². The van der Waals surface area contributed by atoms with Crippen LogP contribution in [0.5, 0.6) is 0 Å². The zero-order valence-electron chi connectivity index (χ0n) is 10.4. The third-order valence-corrected chi connectivity index (χ3v) is 5.00. The summed E-state index contributed by atoms with van der Waals surface area (Å²) in [5.74, 6) is 1.51. The molecule has 7 heteroatoms. The van der Waals surface area contributed by atoms with Crippen molar-refractivity contribution in [2.75, 3.05) is 0 Å². The lowest BCUT2D eigenvalue weighted by atomic mass is 10.1. The molecule has 4 rings (SSSR count). The molecule has 1 aliphatic carbocycles. The standard InChI is InChI=1S/C13H10Cl2N4S/c14-9-2-1-3-10(15)8(9)6-11-18-19-12(7-4-5-7)16-17-13(19)20-11/h1-3,7H,4-6H2. The van der Waals surface area contributed by atoms with Crippen molar-refractivity contribution in [1.82, 2.24) is 19.8 Å². The van der Waals surface area contributed by atoms with Crippen molar-refractivity contribution in [3.63, 3.8) is 0 Å². The van der Waals surface area contributed by atoms with E-state index in [0.717, 1.165) is 21.4 Å². The maximum Gasteiger partial charge on any atom is 0.234 e. The van der Waals surface area contributed by atoms with Gasteiger partial charge in [-0.25, -0.2) is 0 Å². The Labute approximate surface area is 129 Å². The van der Waals surface area contributed by atoms with E-state index in [-0.39, 0.29) is 0 Å². The van der Waals surface area contributed by atoms with E-state index in [4.69, 9.17) is 23.2 Å². The topological polar surface area (TPSA) is 43.1 Å². The number of nitrogens with zero attached hydrogens (tertiary/aromatic N) is 4. The highest BCUT2D eigenvalue weighted by atomic mass is 35.5. The Balaban J connectivity index is 1.72. The summed E-state index contributed by atoms with van der Waals surface area (Å²) in [6, 6.07) is 5.54. The molecule has 0 unspecified atom stereocenters. The lowest BCUT2D eigenvalue weighted by Crippen LogP contribution is -1.96. The number of benzene rings is 1. The molecular weight excluding hydrogens is 315 g/mol. The average Bonchev–Trinajstić information content (AvgIpc) is 3.06. The number of aromatic nitrogens is 4. The van der Waals surface area contributed by atoms with Gasteiger partial charge in [-0.05, 0) is 30.5 Å². The van der Waals surface area contributed by atoms with E-state index in [2.05, 4.69) is 15.3 Å². The average molecular weight is 325 g/mol. The fourth-order valence-electron chi connectivity index (χ4n) is 2.19. The van der Waals surface area contributed by atoms with Crippen LogP contribution in [0, 0.1) is 0 Å². The Bertz CT molecular complexity index is 771. The minimum absolute atomic E-state index is 0.531. The van der Waals surface area contributed by atoms with Crippen molar-refractivity contribution in [2.24, 2.45) is 0 Å². The summed E-state index contributed by atoms with van der Waals surface area (Å²) < 4.78 is 1.86. The first-order valence-corrected chi connectivity index (χ1v) is 7.93. The van der Waals surface area contributed by atoms with Crippen molar-refractivity contribution in [3.05, 3.63) is 44.6 Å². The second-order valence-electron chi connectivity index (χ2n) is 4.90. The Hall–Kier alpha value is -1.17. The molecule has 0 aliphatic heterocycles. The van der Waals surface area contributed by atoms with Crippen LogP contribution in [0.2, 0.25) is 10.0 Å². The molecule has 102 valence electrons. The number of hydrogen-bond donors (Lipinski definition) is 0. The van der Waals surface area contributed by atoms with Crippen molar-refractivity contribution in [3.8, 4) is 0 Å². The number of rotatable bonds is 3. The summed E-state index contributed by atoms with van der Waals surface area (Å²) in [6.07, 6.45) is 2.99. The van der Waals surface area contributed by atoms with Crippen molar-refractivity contribution in [1.29, 1.82) is 0 Å². The predicted molar refractivity (Wildman–Crippen MR) is 79.9 cm³/mol. The highest BCUT2D eigenvalue weighted by Gasteiger charge is 2.30. The minimum Gasteiger partial charge on any atom is -0.187 e. The lowest BCUT2D eigenvalue weighted by Gasteiger charge is -2.03. The molecule has 0 spiro atoms. The van der Waals surface area contributed by atoms with Crippen LogP contribution >= 0.6 is 34.5 Å². The third kappa shape index (κ3) is 2.10. The van der Waals surface area contributed by atoms with Gasteiger partial charge in [0.05, 0.1) is 0 Å². The van der Waals surface area contributed by atoms with E-state index in [0.29, 0.717) is 22.4 Å². The minimum atomic E-state index is 0.531. The molecule has 1 aliphatic rings. The molecule has 2 aromatic heterocycles. The number of hydrogen-bond acceptors (Lipinski definition) is 4. The zero-order valence-corrected chi connectivity index (χ0v) is 12.7. The highest BCUT2D eigenvalue weighted by Crippen LogP contribution is 2.39. The highest BCUT2D eigenvalue weighted by molar-refractivity contribution is 7.16. The molecule has 1 saturated carbocycles. The van der Waals surface area contributed by atoms with Gasteiger partial charge in [-0.15, -0.1) is 10.2 Å². The molecule has 0 bridgehead atoms. The summed E-state index contributed by atoms with van der Waals surface area (Å²) in [5, 5.41) is 15.3. The van der Waals surface area contributed by atoms with E-state index in [1.807, 2.05) is 22.7 Å². The maximum absolute atomic E-state index is 6.20. The molecule has 0 amide bonds. The van der Waals surface area contributed by atoms with Crippen LogP contribution in [0.25, 0.3) is 4.96 Å². The van der Waals surface area contributed by atoms with Gasteiger partial charge in [-0.3, -0.25) is 0 Å².